The number of carbonyl (C=O) groups is 1. The van der Waals surface area contributed by atoms with E-state index in [1.54, 1.807) is 6.92 Å². The molecule has 0 aliphatic carbocycles. The van der Waals surface area contributed by atoms with Gasteiger partial charge in [-0.25, -0.2) is 4.68 Å². The van der Waals surface area contributed by atoms with Crippen molar-refractivity contribution >= 4 is 16.8 Å². The second kappa shape index (κ2) is 7.41. The predicted molar refractivity (Wildman–Crippen MR) is 96.5 cm³/mol. The molecule has 9 heteroatoms. The van der Waals surface area contributed by atoms with Crippen molar-refractivity contribution in [1.29, 1.82) is 0 Å². The lowest BCUT2D eigenvalue weighted by atomic mass is 10.1. The van der Waals surface area contributed by atoms with Crippen molar-refractivity contribution < 1.29 is 18.0 Å². The molecule has 0 aliphatic rings. The van der Waals surface area contributed by atoms with Crippen LogP contribution in [0.1, 0.15) is 29.7 Å². The third kappa shape index (κ3) is 4.19. The number of aromatic nitrogens is 3. The molecule has 1 amide bonds. The third-order valence-corrected chi connectivity index (χ3v) is 4.30. The van der Waals surface area contributed by atoms with E-state index in [1.165, 1.54) is 0 Å². The van der Waals surface area contributed by atoms with E-state index in [4.69, 9.17) is 0 Å². The van der Waals surface area contributed by atoms with Gasteiger partial charge in [-0.1, -0.05) is 35.0 Å². The van der Waals surface area contributed by atoms with Crippen LogP contribution in [0.3, 0.4) is 0 Å². The maximum Gasteiger partial charge on any atom is 0.416 e. The molecule has 0 saturated carbocycles. The van der Waals surface area contributed by atoms with Crippen LogP contribution in [0.25, 0.3) is 10.9 Å². The molecule has 0 spiro atoms. The van der Waals surface area contributed by atoms with Gasteiger partial charge in [0.1, 0.15) is 12.1 Å². The van der Waals surface area contributed by atoms with Gasteiger partial charge in [-0.15, -0.1) is 5.10 Å². The lowest BCUT2D eigenvalue weighted by Gasteiger charge is -2.15. The molecule has 0 fully saturated rings. The predicted octanol–water partition coefficient (Wildman–Crippen LogP) is 3.00. The molecule has 0 aliphatic heterocycles. The zero-order valence-electron chi connectivity index (χ0n) is 15.1. The van der Waals surface area contributed by atoms with Gasteiger partial charge >= 0.3 is 6.18 Å². The highest BCUT2D eigenvalue weighted by Gasteiger charge is 2.31. The number of aryl methyl sites for hydroxylation is 1. The number of nitrogens with one attached hydrogen (secondary N) is 1. The molecule has 2 aromatic carbocycles. The Hall–Kier alpha value is -3.23. The molecule has 0 radical (unpaired) electrons. The Morgan fingerprint density at radius 2 is 1.86 bits per heavy atom. The summed E-state index contributed by atoms with van der Waals surface area (Å²) in [6.45, 7) is 3.28. The summed E-state index contributed by atoms with van der Waals surface area (Å²) in [7, 11) is 0. The Kier molecular flexibility index (Phi) is 5.17. The Morgan fingerprint density at radius 3 is 2.50 bits per heavy atom. The first kappa shape index (κ1) is 19.5. The number of hydrogen-bond acceptors (Lipinski definition) is 4. The number of hydrogen-bond donors (Lipinski definition) is 1. The van der Waals surface area contributed by atoms with Gasteiger partial charge in [-0.2, -0.15) is 13.2 Å². The van der Waals surface area contributed by atoms with E-state index < -0.39 is 29.8 Å². The van der Waals surface area contributed by atoms with Crippen LogP contribution in [-0.4, -0.2) is 20.9 Å². The fourth-order valence-electron chi connectivity index (χ4n) is 2.72. The standard InChI is InChI=1S/C19H17F3N4O2/c1-11-3-5-13(6-4-11)12(2)23-17(27)10-26-18(28)15-9-14(19(20,21)22)7-8-16(15)24-25-26/h3-9,12H,10H2,1-2H3,(H,23,27)/t12-/m0/s1. The van der Waals surface area contributed by atoms with Crippen molar-refractivity contribution in [2.75, 3.05) is 0 Å². The van der Waals surface area contributed by atoms with Gasteiger partial charge in [0.25, 0.3) is 5.56 Å². The van der Waals surface area contributed by atoms with Gasteiger partial charge < -0.3 is 5.32 Å². The zero-order valence-corrected chi connectivity index (χ0v) is 15.1. The minimum Gasteiger partial charge on any atom is -0.348 e. The molecular weight excluding hydrogens is 373 g/mol. The molecule has 1 N–H and O–H groups in total. The number of alkyl halides is 3. The van der Waals surface area contributed by atoms with Crippen LogP contribution in [0, 0.1) is 6.92 Å². The van der Waals surface area contributed by atoms with Crippen LogP contribution in [0.5, 0.6) is 0 Å². The summed E-state index contributed by atoms with van der Waals surface area (Å²) in [6.07, 6.45) is -4.59. The Morgan fingerprint density at radius 1 is 1.18 bits per heavy atom. The number of nitrogens with zero attached hydrogens (tertiary/aromatic N) is 3. The molecule has 3 aromatic rings. The smallest absolute Gasteiger partial charge is 0.348 e. The van der Waals surface area contributed by atoms with E-state index in [2.05, 4.69) is 15.6 Å². The fourth-order valence-corrected chi connectivity index (χ4v) is 2.72. The first-order chi connectivity index (χ1) is 13.1. The number of carbonyl (C=O) groups excluding carboxylic acids is 1. The van der Waals surface area contributed by atoms with E-state index >= 15 is 0 Å². The van der Waals surface area contributed by atoms with Crippen LogP contribution in [0.2, 0.25) is 0 Å². The van der Waals surface area contributed by atoms with Gasteiger partial charge in [0, 0.05) is 0 Å². The van der Waals surface area contributed by atoms with Crippen molar-refractivity contribution in [1.82, 2.24) is 20.3 Å². The summed E-state index contributed by atoms with van der Waals surface area (Å²) in [6, 6.07) is 9.89. The molecule has 146 valence electrons. The highest BCUT2D eigenvalue weighted by molar-refractivity contribution is 5.79. The van der Waals surface area contributed by atoms with Crippen LogP contribution in [-0.2, 0) is 17.5 Å². The Labute approximate surface area is 158 Å². The molecule has 6 nitrogen and oxygen atoms in total. The molecule has 0 saturated heterocycles. The summed E-state index contributed by atoms with van der Waals surface area (Å²) in [5, 5.41) is 9.86. The minimum absolute atomic E-state index is 0.0303. The Bertz CT molecular complexity index is 1080. The highest BCUT2D eigenvalue weighted by atomic mass is 19.4. The van der Waals surface area contributed by atoms with Crippen LogP contribution < -0.4 is 10.9 Å². The molecule has 1 aromatic heterocycles. The lowest BCUT2D eigenvalue weighted by Crippen LogP contribution is -2.35. The molecule has 0 unspecified atom stereocenters. The van der Waals surface area contributed by atoms with Crippen molar-refractivity contribution in [3.05, 3.63) is 69.5 Å². The van der Waals surface area contributed by atoms with Gasteiger partial charge in [0.15, 0.2) is 0 Å². The molecule has 28 heavy (non-hydrogen) atoms. The zero-order chi connectivity index (χ0) is 20.5. The van der Waals surface area contributed by atoms with E-state index in [0.717, 1.165) is 34.0 Å². The quantitative estimate of drug-likeness (QED) is 0.743. The van der Waals surface area contributed by atoms with E-state index in [9.17, 15) is 22.8 Å². The van der Waals surface area contributed by atoms with Crippen LogP contribution in [0.4, 0.5) is 13.2 Å². The van der Waals surface area contributed by atoms with Crippen molar-refractivity contribution in [3.8, 4) is 0 Å². The van der Waals surface area contributed by atoms with Crippen molar-refractivity contribution in [2.45, 2.75) is 32.6 Å². The molecular formula is C19H17F3N4O2. The number of fused-ring (bicyclic) bond motifs is 1. The van der Waals surface area contributed by atoms with Crippen LogP contribution in [0.15, 0.2) is 47.3 Å². The van der Waals surface area contributed by atoms with Gasteiger partial charge in [0.2, 0.25) is 5.91 Å². The Balaban J connectivity index is 1.81. The van der Waals surface area contributed by atoms with E-state index in [0.29, 0.717) is 0 Å². The van der Waals surface area contributed by atoms with E-state index in [1.807, 2.05) is 31.2 Å². The largest absolute Gasteiger partial charge is 0.416 e. The second-order valence-electron chi connectivity index (χ2n) is 6.48. The van der Waals surface area contributed by atoms with E-state index in [-0.39, 0.29) is 16.9 Å². The molecule has 3 rings (SSSR count). The number of benzene rings is 2. The number of amides is 1. The third-order valence-electron chi connectivity index (χ3n) is 4.30. The monoisotopic (exact) mass is 390 g/mol. The fraction of sp³-hybridized carbons (Fsp3) is 0.263. The van der Waals surface area contributed by atoms with Crippen molar-refractivity contribution in [2.24, 2.45) is 0 Å². The summed E-state index contributed by atoms with van der Waals surface area (Å²) < 4.78 is 39.4. The molecule has 1 heterocycles. The average Bonchev–Trinajstić information content (AvgIpc) is 2.63. The highest BCUT2D eigenvalue weighted by Crippen LogP contribution is 2.30. The van der Waals surface area contributed by atoms with Gasteiger partial charge in [0.05, 0.1) is 17.0 Å². The SMILES string of the molecule is Cc1ccc([C@H](C)NC(=O)Cn2nnc3ccc(C(F)(F)F)cc3c2=O)cc1. The summed E-state index contributed by atoms with van der Waals surface area (Å²) in [4.78, 5) is 24.7. The topological polar surface area (TPSA) is 76.9 Å². The first-order valence-electron chi connectivity index (χ1n) is 8.46. The second-order valence-corrected chi connectivity index (χ2v) is 6.48. The van der Waals surface area contributed by atoms with Crippen molar-refractivity contribution in [3.63, 3.8) is 0 Å². The normalized spacial score (nSPS) is 12.8. The number of halogens is 3. The average molecular weight is 390 g/mol. The molecule has 1 atom stereocenters. The maximum atomic E-state index is 12.9. The summed E-state index contributed by atoms with van der Waals surface area (Å²) in [5.41, 5.74) is 0.218. The number of rotatable bonds is 4. The minimum atomic E-state index is -4.59. The van der Waals surface area contributed by atoms with Crippen LogP contribution >= 0.6 is 0 Å². The maximum absolute atomic E-state index is 12.9. The van der Waals surface area contributed by atoms with Gasteiger partial charge in [-0.3, -0.25) is 9.59 Å². The first-order valence-corrected chi connectivity index (χ1v) is 8.46. The van der Waals surface area contributed by atoms with Gasteiger partial charge in [-0.05, 0) is 37.6 Å². The summed E-state index contributed by atoms with van der Waals surface area (Å²) >= 11 is 0. The summed E-state index contributed by atoms with van der Waals surface area (Å²) in [5.74, 6) is -0.504. The lowest BCUT2D eigenvalue weighted by molar-refractivity contribution is -0.137. The molecule has 0 bridgehead atoms.